The number of fused-ring (bicyclic) bond motifs is 1. The van der Waals surface area contributed by atoms with Crippen molar-refractivity contribution in [2.45, 2.75) is 19.3 Å². The van der Waals surface area contributed by atoms with Gasteiger partial charge in [0.15, 0.2) is 5.78 Å². The van der Waals surface area contributed by atoms with E-state index < -0.39 is 11.9 Å². The van der Waals surface area contributed by atoms with E-state index in [1.165, 1.54) is 12.1 Å². The summed E-state index contributed by atoms with van der Waals surface area (Å²) in [6.45, 7) is 3.95. The number of Topliss-reactive ketones (excluding diaryl/α,β-unsaturated/α-hetero) is 1. The van der Waals surface area contributed by atoms with Crippen LogP contribution in [0, 0.1) is 11.7 Å². The van der Waals surface area contributed by atoms with Gasteiger partial charge in [-0.2, -0.15) is 0 Å². The molecule has 10 heteroatoms. The first-order chi connectivity index (χ1) is 17.7. The van der Waals surface area contributed by atoms with Crippen molar-refractivity contribution in [3.05, 3.63) is 77.6 Å². The van der Waals surface area contributed by atoms with Gasteiger partial charge in [0.25, 0.3) is 5.91 Å². The van der Waals surface area contributed by atoms with Crippen LogP contribution in [0.5, 0.6) is 0 Å². The highest BCUT2D eigenvalue weighted by atomic mass is 19.1. The Labute approximate surface area is 214 Å². The predicted octanol–water partition coefficient (Wildman–Crippen LogP) is 3.35. The standard InChI is InChI=1S/C23H26FN3O2.C4H4O4/c24-19-8-6-17(7-9-19)22(28)18-10-14-26(15-11-18)12-3-13-27-16-25-21-5-2-1-4-20(21)23(27)29;5-3(6)1-2-4(7)8/h1-2,4-9,18,25H,3,10-16H2;1-2H,(H,5,6)(H,7,8)/b;2-1+. The second kappa shape index (κ2) is 13.3. The fourth-order valence-electron chi connectivity index (χ4n) is 4.32. The summed E-state index contributed by atoms with van der Waals surface area (Å²) in [6, 6.07) is 13.5. The molecular weight excluding hydrogens is 481 g/mol. The molecule has 2 aromatic carbocycles. The number of carbonyl (C=O) groups is 4. The maximum atomic E-state index is 13.0. The highest BCUT2D eigenvalue weighted by Crippen LogP contribution is 2.23. The lowest BCUT2D eigenvalue weighted by atomic mass is 9.89. The third-order valence-corrected chi connectivity index (χ3v) is 6.26. The first-order valence-corrected chi connectivity index (χ1v) is 12.0. The maximum Gasteiger partial charge on any atom is 0.328 e. The Balaban J connectivity index is 0.000000414. The van der Waals surface area contributed by atoms with Crippen molar-refractivity contribution in [2.24, 2.45) is 5.92 Å². The number of benzene rings is 2. The van der Waals surface area contributed by atoms with E-state index >= 15 is 0 Å². The quantitative estimate of drug-likeness (QED) is 0.364. The van der Waals surface area contributed by atoms with Crippen LogP contribution in [0.15, 0.2) is 60.7 Å². The third kappa shape index (κ3) is 8.25. The molecule has 1 saturated heterocycles. The fraction of sp³-hybridized carbons (Fsp3) is 0.333. The Bertz CT molecular complexity index is 1130. The van der Waals surface area contributed by atoms with Gasteiger partial charge in [-0.1, -0.05) is 12.1 Å². The molecule has 1 amide bonds. The summed E-state index contributed by atoms with van der Waals surface area (Å²) in [7, 11) is 0. The Morgan fingerprint density at radius 3 is 2.19 bits per heavy atom. The molecule has 196 valence electrons. The summed E-state index contributed by atoms with van der Waals surface area (Å²) in [5.41, 5.74) is 2.24. The number of halogens is 1. The Morgan fingerprint density at radius 1 is 0.946 bits per heavy atom. The summed E-state index contributed by atoms with van der Waals surface area (Å²) < 4.78 is 13.0. The molecule has 2 aromatic rings. The maximum absolute atomic E-state index is 13.0. The van der Waals surface area contributed by atoms with Crippen molar-refractivity contribution in [1.29, 1.82) is 0 Å². The smallest absolute Gasteiger partial charge is 0.328 e. The number of carbonyl (C=O) groups excluding carboxylic acids is 2. The van der Waals surface area contributed by atoms with E-state index in [1.54, 1.807) is 12.1 Å². The highest BCUT2D eigenvalue weighted by Gasteiger charge is 2.27. The number of aliphatic carboxylic acids is 2. The van der Waals surface area contributed by atoms with Crippen LogP contribution < -0.4 is 5.32 Å². The Kier molecular flexibility index (Phi) is 9.91. The lowest BCUT2D eigenvalue weighted by Gasteiger charge is -2.33. The van der Waals surface area contributed by atoms with E-state index in [0.717, 1.165) is 50.1 Å². The first-order valence-electron chi connectivity index (χ1n) is 12.0. The summed E-state index contributed by atoms with van der Waals surface area (Å²) in [5, 5.41) is 18.9. The van der Waals surface area contributed by atoms with Gasteiger partial charge < -0.3 is 25.3 Å². The van der Waals surface area contributed by atoms with Crippen molar-refractivity contribution in [3.8, 4) is 0 Å². The molecule has 4 rings (SSSR count). The van der Waals surface area contributed by atoms with Crippen molar-refractivity contribution in [2.75, 3.05) is 38.2 Å². The lowest BCUT2D eigenvalue weighted by Crippen LogP contribution is -2.42. The number of anilines is 1. The molecule has 0 aromatic heterocycles. The van der Waals surface area contributed by atoms with Crippen molar-refractivity contribution in [3.63, 3.8) is 0 Å². The monoisotopic (exact) mass is 511 g/mol. The molecule has 1 fully saturated rings. The molecular formula is C27H30FN3O6. The molecule has 0 spiro atoms. The first kappa shape index (κ1) is 27.5. The van der Waals surface area contributed by atoms with Gasteiger partial charge in [-0.25, -0.2) is 14.0 Å². The normalized spacial score (nSPS) is 15.9. The minimum Gasteiger partial charge on any atom is -0.478 e. The van der Waals surface area contributed by atoms with E-state index in [0.29, 0.717) is 30.9 Å². The van der Waals surface area contributed by atoms with Gasteiger partial charge in [0, 0.05) is 35.9 Å². The molecule has 2 heterocycles. The van der Waals surface area contributed by atoms with Crippen molar-refractivity contribution >= 4 is 29.3 Å². The SMILES string of the molecule is O=C(O)/C=C/C(=O)O.O=C(c1ccc(F)cc1)C1CCN(CCCN2CNc3ccccc3C2=O)CC1. The number of piperidine rings is 1. The number of hydrogen-bond donors (Lipinski definition) is 3. The zero-order valence-electron chi connectivity index (χ0n) is 20.3. The van der Waals surface area contributed by atoms with Gasteiger partial charge in [0.1, 0.15) is 5.82 Å². The number of likely N-dealkylation sites (tertiary alicyclic amines) is 1. The van der Waals surface area contributed by atoms with Gasteiger partial charge in [0.2, 0.25) is 0 Å². The number of nitrogens with zero attached hydrogens (tertiary/aromatic N) is 2. The molecule has 0 radical (unpaired) electrons. The highest BCUT2D eigenvalue weighted by molar-refractivity contribution is 6.01. The molecule has 37 heavy (non-hydrogen) atoms. The summed E-state index contributed by atoms with van der Waals surface area (Å²) in [5.74, 6) is -2.61. The summed E-state index contributed by atoms with van der Waals surface area (Å²) in [6.07, 6.45) is 3.68. The van der Waals surface area contributed by atoms with Crippen LogP contribution >= 0.6 is 0 Å². The van der Waals surface area contributed by atoms with E-state index in [-0.39, 0.29) is 23.4 Å². The van der Waals surface area contributed by atoms with Crippen LogP contribution in [-0.2, 0) is 9.59 Å². The number of carboxylic acids is 2. The number of amides is 1. The Hall–Kier alpha value is -4.05. The van der Waals surface area contributed by atoms with E-state index in [2.05, 4.69) is 10.2 Å². The number of para-hydroxylation sites is 1. The van der Waals surface area contributed by atoms with Crippen LogP contribution in [0.4, 0.5) is 10.1 Å². The van der Waals surface area contributed by atoms with Gasteiger partial charge in [0.05, 0.1) is 12.2 Å². The molecule has 0 bridgehead atoms. The third-order valence-electron chi connectivity index (χ3n) is 6.26. The second-order valence-electron chi connectivity index (χ2n) is 8.80. The average Bonchev–Trinajstić information content (AvgIpc) is 2.90. The summed E-state index contributed by atoms with van der Waals surface area (Å²) >= 11 is 0. The minimum atomic E-state index is -1.26. The molecule has 9 nitrogen and oxygen atoms in total. The number of hydrogen-bond acceptors (Lipinski definition) is 6. The molecule has 0 aliphatic carbocycles. The van der Waals surface area contributed by atoms with Crippen LogP contribution in [0.1, 0.15) is 40.0 Å². The van der Waals surface area contributed by atoms with Crippen LogP contribution in [-0.4, -0.2) is 76.5 Å². The molecule has 2 aliphatic heterocycles. The lowest BCUT2D eigenvalue weighted by molar-refractivity contribution is -0.134. The molecule has 0 unspecified atom stereocenters. The predicted molar refractivity (Wildman–Crippen MR) is 135 cm³/mol. The fourth-order valence-corrected chi connectivity index (χ4v) is 4.32. The number of ketones is 1. The second-order valence-corrected chi connectivity index (χ2v) is 8.80. The zero-order chi connectivity index (χ0) is 26.8. The van der Waals surface area contributed by atoms with Crippen molar-refractivity contribution in [1.82, 2.24) is 9.80 Å². The van der Waals surface area contributed by atoms with Gasteiger partial charge in [-0.05, 0) is 75.3 Å². The average molecular weight is 512 g/mol. The molecule has 0 atom stereocenters. The van der Waals surface area contributed by atoms with E-state index in [9.17, 15) is 23.6 Å². The topological polar surface area (TPSA) is 127 Å². The van der Waals surface area contributed by atoms with Crippen LogP contribution in [0.2, 0.25) is 0 Å². The van der Waals surface area contributed by atoms with E-state index in [1.807, 2.05) is 29.2 Å². The van der Waals surface area contributed by atoms with Crippen LogP contribution in [0.3, 0.4) is 0 Å². The number of carboxylic acid groups (broad SMARTS) is 2. The number of nitrogens with one attached hydrogen (secondary N) is 1. The minimum absolute atomic E-state index is 0.0149. The van der Waals surface area contributed by atoms with E-state index in [4.69, 9.17) is 10.2 Å². The largest absolute Gasteiger partial charge is 0.478 e. The molecule has 3 N–H and O–H groups in total. The van der Waals surface area contributed by atoms with Gasteiger partial charge in [-0.3, -0.25) is 9.59 Å². The summed E-state index contributed by atoms with van der Waals surface area (Å²) in [4.78, 5) is 48.5. The number of rotatable bonds is 8. The zero-order valence-corrected chi connectivity index (χ0v) is 20.3. The van der Waals surface area contributed by atoms with Gasteiger partial charge in [-0.15, -0.1) is 0 Å². The van der Waals surface area contributed by atoms with Gasteiger partial charge >= 0.3 is 11.9 Å². The van der Waals surface area contributed by atoms with Crippen molar-refractivity contribution < 1.29 is 33.8 Å². The molecule has 2 aliphatic rings. The Morgan fingerprint density at radius 2 is 1.57 bits per heavy atom. The molecule has 0 saturated carbocycles. The van der Waals surface area contributed by atoms with Crippen LogP contribution in [0.25, 0.3) is 0 Å².